The molecular weight excluding hydrogens is 360 g/mol. The molecule has 160 valence electrons. The van der Waals surface area contributed by atoms with Crippen molar-refractivity contribution < 1.29 is 15.3 Å². The lowest BCUT2D eigenvalue weighted by Gasteiger charge is -2.27. The highest BCUT2D eigenvalue weighted by atomic mass is 16.3. The molecular formula is C26H38O3. The van der Waals surface area contributed by atoms with Crippen LogP contribution in [0.25, 0.3) is 0 Å². The summed E-state index contributed by atoms with van der Waals surface area (Å²) in [5.74, 6) is 0.645. The van der Waals surface area contributed by atoms with Crippen molar-refractivity contribution in [1.82, 2.24) is 0 Å². The van der Waals surface area contributed by atoms with E-state index in [1.165, 1.54) is 12.0 Å². The van der Waals surface area contributed by atoms with E-state index in [-0.39, 0.29) is 0 Å². The molecule has 0 bridgehead atoms. The predicted molar refractivity (Wildman–Crippen MR) is 121 cm³/mol. The lowest BCUT2D eigenvalue weighted by molar-refractivity contribution is 0.0775. The van der Waals surface area contributed by atoms with Gasteiger partial charge in [0, 0.05) is 0 Å². The van der Waals surface area contributed by atoms with Crippen molar-refractivity contribution >= 4 is 0 Å². The van der Waals surface area contributed by atoms with Crippen molar-refractivity contribution in [3.05, 3.63) is 71.3 Å². The predicted octanol–water partition coefficient (Wildman–Crippen LogP) is 5.21. The van der Waals surface area contributed by atoms with Crippen molar-refractivity contribution in [2.45, 2.75) is 83.5 Å². The van der Waals surface area contributed by atoms with Crippen LogP contribution in [-0.2, 0) is 12.0 Å². The van der Waals surface area contributed by atoms with Crippen LogP contribution in [0.3, 0.4) is 0 Å². The van der Waals surface area contributed by atoms with Crippen LogP contribution in [0.5, 0.6) is 0 Å². The topological polar surface area (TPSA) is 60.7 Å². The van der Waals surface area contributed by atoms with Gasteiger partial charge in [0.05, 0.1) is 17.8 Å². The number of hydrogen-bond acceptors (Lipinski definition) is 3. The highest BCUT2D eigenvalue weighted by molar-refractivity contribution is 5.31. The Hall–Kier alpha value is -1.68. The summed E-state index contributed by atoms with van der Waals surface area (Å²) in [6.07, 6.45) is 11.6. The quantitative estimate of drug-likeness (QED) is 0.395. The van der Waals surface area contributed by atoms with Gasteiger partial charge in [0.15, 0.2) is 0 Å². The third-order valence-electron chi connectivity index (χ3n) is 5.89. The van der Waals surface area contributed by atoms with Gasteiger partial charge in [-0.2, -0.15) is 0 Å². The molecule has 29 heavy (non-hydrogen) atoms. The molecule has 0 aromatic heterocycles. The van der Waals surface area contributed by atoms with Crippen LogP contribution in [0, 0.1) is 5.92 Å². The fourth-order valence-corrected chi connectivity index (χ4v) is 3.97. The zero-order valence-electron chi connectivity index (χ0n) is 18.3. The molecule has 1 fully saturated rings. The fourth-order valence-electron chi connectivity index (χ4n) is 3.97. The van der Waals surface area contributed by atoms with Crippen molar-refractivity contribution in [2.24, 2.45) is 5.92 Å². The van der Waals surface area contributed by atoms with Crippen LogP contribution in [0.2, 0.25) is 0 Å². The van der Waals surface area contributed by atoms with E-state index in [0.29, 0.717) is 24.3 Å². The summed E-state index contributed by atoms with van der Waals surface area (Å²) in [7, 11) is 0. The minimum absolute atomic E-state index is 0.533. The van der Waals surface area contributed by atoms with Crippen LogP contribution in [0.4, 0.5) is 0 Å². The molecule has 0 aliphatic heterocycles. The van der Waals surface area contributed by atoms with E-state index in [1.54, 1.807) is 0 Å². The molecule has 0 saturated heterocycles. The Labute approximate surface area is 176 Å². The molecule has 1 saturated carbocycles. The zero-order valence-corrected chi connectivity index (χ0v) is 18.3. The van der Waals surface area contributed by atoms with Gasteiger partial charge >= 0.3 is 0 Å². The van der Waals surface area contributed by atoms with Crippen LogP contribution >= 0.6 is 0 Å². The normalized spacial score (nSPS) is 23.1. The second-order valence-electron chi connectivity index (χ2n) is 9.06. The number of allylic oxidation sites excluding steroid dienone is 3. The molecule has 3 N–H and O–H groups in total. The molecule has 3 nitrogen and oxygen atoms in total. The van der Waals surface area contributed by atoms with Gasteiger partial charge in [-0.15, -0.1) is 0 Å². The number of aryl methyl sites for hydroxylation is 1. The van der Waals surface area contributed by atoms with E-state index in [0.717, 1.165) is 36.8 Å². The number of benzene rings is 1. The van der Waals surface area contributed by atoms with Crippen LogP contribution in [0.15, 0.2) is 60.2 Å². The summed E-state index contributed by atoms with van der Waals surface area (Å²) in [6, 6.07) is 8.20. The van der Waals surface area contributed by atoms with E-state index < -0.39 is 17.8 Å². The lowest BCUT2D eigenvalue weighted by Crippen LogP contribution is -2.27. The molecule has 2 rings (SSSR count). The SMILES string of the molecule is C=C1[C@H](O)CC(=C/C=C/CCC[C@@H](C)CCc2ccccc2C(C)(C)O)C[C@@H]1O. The van der Waals surface area contributed by atoms with E-state index in [4.69, 9.17) is 0 Å². The Bertz CT molecular complexity index is 708. The summed E-state index contributed by atoms with van der Waals surface area (Å²) in [4.78, 5) is 0. The number of aliphatic hydroxyl groups excluding tert-OH is 2. The van der Waals surface area contributed by atoms with Crippen LogP contribution in [0.1, 0.15) is 70.4 Å². The molecule has 3 heteroatoms. The first-order valence-electron chi connectivity index (χ1n) is 10.9. The second kappa shape index (κ2) is 10.9. The Morgan fingerprint density at radius 2 is 1.79 bits per heavy atom. The minimum atomic E-state index is -0.795. The van der Waals surface area contributed by atoms with Gasteiger partial charge < -0.3 is 15.3 Å². The molecule has 0 spiro atoms. The maximum absolute atomic E-state index is 10.4. The first-order chi connectivity index (χ1) is 13.7. The molecule has 1 aromatic carbocycles. The zero-order chi connectivity index (χ0) is 21.4. The number of hydrogen-bond donors (Lipinski definition) is 3. The van der Waals surface area contributed by atoms with Gasteiger partial charge in [0.25, 0.3) is 0 Å². The van der Waals surface area contributed by atoms with Crippen LogP contribution < -0.4 is 0 Å². The minimum Gasteiger partial charge on any atom is -0.388 e. The van der Waals surface area contributed by atoms with Gasteiger partial charge in [-0.3, -0.25) is 0 Å². The smallest absolute Gasteiger partial charge is 0.0843 e. The van der Waals surface area contributed by atoms with Gasteiger partial charge in [0.2, 0.25) is 0 Å². The summed E-state index contributed by atoms with van der Waals surface area (Å²) < 4.78 is 0. The average molecular weight is 399 g/mol. The molecule has 0 heterocycles. The summed E-state index contributed by atoms with van der Waals surface area (Å²) in [5, 5.41) is 30.1. The monoisotopic (exact) mass is 398 g/mol. The Morgan fingerprint density at radius 3 is 2.45 bits per heavy atom. The Morgan fingerprint density at radius 1 is 1.14 bits per heavy atom. The standard InChI is InChI=1S/C26H38O3/c1-19(15-16-22-13-9-10-14-23(22)26(3,4)29)11-7-5-6-8-12-21-17-24(27)20(2)25(28)18-21/h6,8-10,12-14,19,24-25,27-29H,2,5,7,11,15-18H2,1,3-4H3/b8-6+,21-12?/t19-,24-,25+/m1/s1. The molecule has 1 aromatic rings. The van der Waals surface area contributed by atoms with Crippen molar-refractivity contribution in [3.8, 4) is 0 Å². The molecule has 0 unspecified atom stereocenters. The van der Waals surface area contributed by atoms with Crippen molar-refractivity contribution in [3.63, 3.8) is 0 Å². The molecule has 1 aliphatic carbocycles. The van der Waals surface area contributed by atoms with Gasteiger partial charge in [-0.05, 0) is 75.0 Å². The summed E-state index contributed by atoms with van der Waals surface area (Å²) in [6.45, 7) is 9.74. The summed E-state index contributed by atoms with van der Waals surface area (Å²) in [5.41, 5.74) is 3.09. The first kappa shape index (κ1) is 23.6. The average Bonchev–Trinajstić information content (AvgIpc) is 2.66. The van der Waals surface area contributed by atoms with Gasteiger partial charge in [-0.1, -0.05) is 68.0 Å². The number of aliphatic hydroxyl groups is 3. The fraction of sp³-hybridized carbons (Fsp3) is 0.538. The Kier molecular flexibility index (Phi) is 8.88. The van der Waals surface area contributed by atoms with E-state index in [9.17, 15) is 15.3 Å². The van der Waals surface area contributed by atoms with E-state index in [2.05, 4.69) is 31.7 Å². The van der Waals surface area contributed by atoms with Crippen molar-refractivity contribution in [1.29, 1.82) is 0 Å². The third-order valence-corrected chi connectivity index (χ3v) is 5.89. The van der Waals surface area contributed by atoms with Gasteiger partial charge in [0.1, 0.15) is 0 Å². The van der Waals surface area contributed by atoms with Gasteiger partial charge in [-0.25, -0.2) is 0 Å². The highest BCUT2D eigenvalue weighted by Gasteiger charge is 2.25. The molecule has 0 radical (unpaired) electrons. The highest BCUT2D eigenvalue weighted by Crippen LogP contribution is 2.28. The second-order valence-corrected chi connectivity index (χ2v) is 9.06. The molecule has 0 amide bonds. The lowest BCUT2D eigenvalue weighted by atomic mass is 9.86. The van der Waals surface area contributed by atoms with E-state index >= 15 is 0 Å². The third kappa shape index (κ3) is 7.58. The number of rotatable bonds is 9. The van der Waals surface area contributed by atoms with Crippen LogP contribution in [-0.4, -0.2) is 27.5 Å². The maximum atomic E-state index is 10.4. The number of unbranched alkanes of at least 4 members (excludes halogenated alkanes) is 1. The van der Waals surface area contributed by atoms with E-state index in [1.807, 2.05) is 38.1 Å². The summed E-state index contributed by atoms with van der Waals surface area (Å²) >= 11 is 0. The largest absolute Gasteiger partial charge is 0.388 e. The maximum Gasteiger partial charge on any atom is 0.0843 e. The Balaban J connectivity index is 1.70. The molecule has 1 aliphatic rings. The van der Waals surface area contributed by atoms with Crippen molar-refractivity contribution in [2.75, 3.05) is 0 Å². The molecule has 3 atom stereocenters. The first-order valence-corrected chi connectivity index (χ1v) is 10.9.